The third-order valence-corrected chi connectivity index (χ3v) is 3.72. The molecule has 0 heterocycles. The number of phenols is 1. The fraction of sp³-hybridized carbons (Fsp3) is 0.200. The monoisotopic (exact) mass is 351 g/mol. The van der Waals surface area contributed by atoms with Crippen molar-refractivity contribution in [2.75, 3.05) is 13.7 Å². The molecule has 0 saturated heterocycles. The minimum absolute atomic E-state index is 0.0178. The van der Waals surface area contributed by atoms with Crippen molar-refractivity contribution in [3.05, 3.63) is 71.4 Å². The van der Waals surface area contributed by atoms with E-state index in [-0.39, 0.29) is 11.3 Å². The van der Waals surface area contributed by atoms with Gasteiger partial charge in [-0.3, -0.25) is 4.79 Å². The second-order valence-corrected chi connectivity index (χ2v) is 5.57. The highest BCUT2D eigenvalue weighted by Crippen LogP contribution is 2.11. The number of aromatic hydroxyl groups is 1. The van der Waals surface area contributed by atoms with Crippen LogP contribution in [-0.2, 0) is 17.8 Å². The van der Waals surface area contributed by atoms with Crippen LogP contribution in [0.15, 0.2) is 60.3 Å². The zero-order chi connectivity index (χ0) is 18.8. The average Bonchev–Trinajstić information content (AvgIpc) is 2.68. The Labute approximate surface area is 152 Å². The first-order chi connectivity index (χ1) is 12.6. The number of carbonyl (C=O) groups excluding carboxylic acids is 1. The Bertz CT molecular complexity index is 791. The lowest BCUT2D eigenvalue weighted by Gasteiger charge is -2.06. The van der Waals surface area contributed by atoms with E-state index in [4.69, 9.17) is 10.00 Å². The third-order valence-electron chi connectivity index (χ3n) is 3.72. The molecule has 0 fully saturated rings. The number of phenolic OH excluding ortho intramolecular Hbond substituents is 1. The predicted molar refractivity (Wildman–Crippen MR) is 98.4 cm³/mol. The molecular weight excluding hydrogens is 330 g/mol. The Balaban J connectivity index is 1.80. The number of amides is 1. The highest BCUT2D eigenvalue weighted by atomic mass is 16.5. The maximum atomic E-state index is 12.1. The second-order valence-electron chi connectivity index (χ2n) is 5.57. The van der Waals surface area contributed by atoms with Crippen molar-refractivity contribution in [1.29, 1.82) is 5.26 Å². The lowest BCUT2D eigenvalue weighted by atomic mass is 10.1. The molecule has 0 radical (unpaired) electrons. The predicted octanol–water partition coefficient (Wildman–Crippen LogP) is 2.26. The van der Waals surface area contributed by atoms with Crippen molar-refractivity contribution in [2.24, 2.45) is 0 Å². The highest BCUT2D eigenvalue weighted by molar-refractivity contribution is 5.97. The molecule has 0 unspecified atom stereocenters. The Hall–Kier alpha value is -3.46. The average molecular weight is 351 g/mol. The normalized spacial score (nSPS) is 10.7. The molecule has 0 spiro atoms. The zero-order valence-corrected chi connectivity index (χ0v) is 14.5. The van der Waals surface area contributed by atoms with Crippen molar-refractivity contribution in [3.8, 4) is 17.6 Å². The minimum atomic E-state index is -0.430. The van der Waals surface area contributed by atoms with Crippen LogP contribution in [0.25, 0.3) is 0 Å². The van der Waals surface area contributed by atoms with Gasteiger partial charge in [-0.1, -0.05) is 24.3 Å². The number of nitriles is 1. The summed E-state index contributed by atoms with van der Waals surface area (Å²) in [5.74, 6) is 0.540. The second kappa shape index (κ2) is 9.74. The number of hydrogen-bond donors (Lipinski definition) is 3. The van der Waals surface area contributed by atoms with Crippen LogP contribution in [0.3, 0.4) is 0 Å². The van der Waals surface area contributed by atoms with E-state index in [1.54, 1.807) is 19.2 Å². The number of nitrogens with zero attached hydrogens (tertiary/aromatic N) is 1. The van der Waals surface area contributed by atoms with Gasteiger partial charge in [-0.2, -0.15) is 5.26 Å². The molecule has 6 nitrogen and oxygen atoms in total. The lowest BCUT2D eigenvalue weighted by Crippen LogP contribution is -2.25. The van der Waals surface area contributed by atoms with E-state index in [1.807, 2.05) is 42.5 Å². The fourth-order valence-corrected chi connectivity index (χ4v) is 2.22. The first-order valence-corrected chi connectivity index (χ1v) is 8.15. The molecule has 0 aromatic heterocycles. The molecule has 0 saturated carbocycles. The summed E-state index contributed by atoms with van der Waals surface area (Å²) >= 11 is 0. The van der Waals surface area contributed by atoms with Crippen LogP contribution in [0.5, 0.6) is 11.5 Å². The summed E-state index contributed by atoms with van der Waals surface area (Å²) in [6.07, 6.45) is 2.13. The van der Waals surface area contributed by atoms with Gasteiger partial charge < -0.3 is 20.5 Å². The molecule has 3 N–H and O–H groups in total. The Morgan fingerprint density at radius 2 is 1.81 bits per heavy atom. The van der Waals surface area contributed by atoms with Gasteiger partial charge in [0.25, 0.3) is 5.91 Å². The van der Waals surface area contributed by atoms with Crippen molar-refractivity contribution in [2.45, 2.75) is 13.0 Å². The molecule has 134 valence electrons. The van der Waals surface area contributed by atoms with Gasteiger partial charge >= 0.3 is 0 Å². The highest BCUT2D eigenvalue weighted by Gasteiger charge is 2.08. The zero-order valence-electron chi connectivity index (χ0n) is 14.5. The molecule has 2 rings (SSSR count). The molecular formula is C20H21N3O3. The van der Waals surface area contributed by atoms with Crippen LogP contribution in [-0.4, -0.2) is 24.7 Å². The van der Waals surface area contributed by atoms with Gasteiger partial charge in [0.05, 0.1) is 7.11 Å². The fourth-order valence-electron chi connectivity index (χ4n) is 2.22. The lowest BCUT2D eigenvalue weighted by molar-refractivity contribution is -0.117. The summed E-state index contributed by atoms with van der Waals surface area (Å²) in [6, 6.07) is 16.1. The van der Waals surface area contributed by atoms with E-state index < -0.39 is 5.91 Å². The number of rotatable bonds is 8. The number of nitrogens with one attached hydrogen (secondary N) is 2. The van der Waals surface area contributed by atoms with Gasteiger partial charge in [-0.25, -0.2) is 0 Å². The molecule has 0 aliphatic carbocycles. The minimum Gasteiger partial charge on any atom is -0.508 e. The first kappa shape index (κ1) is 18.9. The summed E-state index contributed by atoms with van der Waals surface area (Å²) in [4.78, 5) is 12.1. The molecule has 0 atom stereocenters. The van der Waals surface area contributed by atoms with E-state index in [9.17, 15) is 9.90 Å². The summed E-state index contributed by atoms with van der Waals surface area (Å²) in [7, 11) is 1.59. The largest absolute Gasteiger partial charge is 0.508 e. The Morgan fingerprint density at radius 3 is 2.42 bits per heavy atom. The molecule has 2 aromatic rings. The van der Waals surface area contributed by atoms with E-state index in [2.05, 4.69) is 10.6 Å². The van der Waals surface area contributed by atoms with Gasteiger partial charge in [-0.15, -0.1) is 0 Å². The summed E-state index contributed by atoms with van der Waals surface area (Å²) in [6.45, 7) is 0.900. The van der Waals surface area contributed by atoms with Gasteiger partial charge in [0.2, 0.25) is 0 Å². The van der Waals surface area contributed by atoms with Crippen molar-refractivity contribution in [1.82, 2.24) is 10.6 Å². The number of benzene rings is 2. The molecule has 26 heavy (non-hydrogen) atoms. The van der Waals surface area contributed by atoms with Crippen LogP contribution in [0, 0.1) is 11.3 Å². The van der Waals surface area contributed by atoms with Gasteiger partial charge in [0.15, 0.2) is 0 Å². The number of methoxy groups -OCH3 is 1. The molecule has 0 aliphatic heterocycles. The smallest absolute Gasteiger partial charge is 0.263 e. The maximum Gasteiger partial charge on any atom is 0.263 e. The van der Waals surface area contributed by atoms with Crippen LogP contribution in [0.4, 0.5) is 0 Å². The third kappa shape index (κ3) is 5.87. The molecule has 1 amide bonds. The number of ether oxygens (including phenoxy) is 1. The van der Waals surface area contributed by atoms with E-state index in [1.165, 1.54) is 6.20 Å². The van der Waals surface area contributed by atoms with Gasteiger partial charge in [0.1, 0.15) is 23.1 Å². The molecule has 6 heteroatoms. The number of hydrogen-bond acceptors (Lipinski definition) is 5. The summed E-state index contributed by atoms with van der Waals surface area (Å²) < 4.78 is 5.08. The van der Waals surface area contributed by atoms with Gasteiger partial charge in [-0.05, 0) is 41.8 Å². The quantitative estimate of drug-likeness (QED) is 0.385. The standard InChI is InChI=1S/C20H21N3O3/c1-26-19-8-4-16(5-9-19)13-23-20(25)17(12-21)14-22-11-10-15-2-6-18(24)7-3-15/h2-9,14,22,24H,10-11,13H2,1H3,(H,23,25)/b17-14-. The maximum absolute atomic E-state index is 12.1. The van der Waals surface area contributed by atoms with Crippen LogP contribution >= 0.6 is 0 Å². The summed E-state index contributed by atoms with van der Waals surface area (Å²) in [5, 5.41) is 24.1. The molecule has 0 bridgehead atoms. The van der Waals surface area contributed by atoms with E-state index >= 15 is 0 Å². The topological polar surface area (TPSA) is 94.4 Å². The van der Waals surface area contributed by atoms with Crippen LogP contribution in [0.2, 0.25) is 0 Å². The van der Waals surface area contributed by atoms with Crippen LogP contribution < -0.4 is 15.4 Å². The Kier molecular flexibility index (Phi) is 7.07. The summed E-state index contributed by atoms with van der Waals surface area (Å²) in [5.41, 5.74) is 1.98. The Morgan fingerprint density at radius 1 is 1.15 bits per heavy atom. The van der Waals surface area contributed by atoms with Crippen molar-refractivity contribution < 1.29 is 14.6 Å². The molecule has 0 aliphatic rings. The van der Waals surface area contributed by atoms with Crippen LogP contribution in [0.1, 0.15) is 11.1 Å². The number of carbonyl (C=O) groups is 1. The van der Waals surface area contributed by atoms with Crippen molar-refractivity contribution >= 4 is 5.91 Å². The SMILES string of the molecule is COc1ccc(CNC(=O)/C(C#N)=C\NCCc2ccc(O)cc2)cc1. The van der Waals surface area contributed by atoms with E-state index in [0.29, 0.717) is 19.5 Å². The van der Waals surface area contributed by atoms with Gasteiger partial charge in [0, 0.05) is 19.3 Å². The first-order valence-electron chi connectivity index (χ1n) is 8.15. The van der Waals surface area contributed by atoms with Crippen molar-refractivity contribution in [3.63, 3.8) is 0 Å². The van der Waals surface area contributed by atoms with E-state index in [0.717, 1.165) is 16.9 Å². The molecule has 2 aromatic carbocycles.